The summed E-state index contributed by atoms with van der Waals surface area (Å²) in [6.45, 7) is 8.08. The number of esters is 1. The van der Waals surface area contributed by atoms with Gasteiger partial charge in [0.05, 0.1) is 19.8 Å². The van der Waals surface area contributed by atoms with Gasteiger partial charge in [0.25, 0.3) is 0 Å². The van der Waals surface area contributed by atoms with E-state index in [0.717, 1.165) is 35.5 Å². The fourth-order valence-electron chi connectivity index (χ4n) is 5.96. The van der Waals surface area contributed by atoms with Gasteiger partial charge in [-0.1, -0.05) is 129 Å². The van der Waals surface area contributed by atoms with Gasteiger partial charge in [0, 0.05) is 24.0 Å². The minimum Gasteiger partial charge on any atom is -0.493 e. The van der Waals surface area contributed by atoms with E-state index in [-0.39, 0.29) is 5.97 Å². The molecule has 0 heterocycles. The zero-order valence-electron chi connectivity index (χ0n) is 27.0. The Bertz CT molecular complexity index is 769. The third-order valence-electron chi connectivity index (χ3n) is 8.52. The number of unbranched alkanes of at least 4 members (excludes halogenated alkanes) is 18. The first-order chi connectivity index (χ1) is 20.1. The Balaban J connectivity index is 1.78. The monoisotopic (exact) mass is 573 g/mol. The van der Waals surface area contributed by atoms with Crippen LogP contribution in [0.5, 0.6) is 11.5 Å². The molecule has 0 amide bonds. The number of fused-ring (bicyclic) bond motifs is 1. The van der Waals surface area contributed by atoms with Crippen LogP contribution in [0.1, 0.15) is 160 Å². The van der Waals surface area contributed by atoms with Crippen molar-refractivity contribution >= 4 is 5.97 Å². The van der Waals surface area contributed by atoms with Gasteiger partial charge in [0.15, 0.2) is 0 Å². The molecule has 0 fully saturated rings. The smallest absolute Gasteiger partial charge is 0.326 e. The van der Waals surface area contributed by atoms with Gasteiger partial charge < -0.3 is 19.9 Å². The molecular weight excluding hydrogens is 510 g/mol. The van der Waals surface area contributed by atoms with Crippen LogP contribution in [0.3, 0.4) is 0 Å². The molecule has 1 aromatic rings. The van der Waals surface area contributed by atoms with Crippen LogP contribution in [0.25, 0.3) is 0 Å². The van der Waals surface area contributed by atoms with Crippen LogP contribution in [0.15, 0.2) is 12.1 Å². The van der Waals surface area contributed by atoms with E-state index in [1.54, 1.807) is 0 Å². The van der Waals surface area contributed by atoms with Crippen LogP contribution in [-0.2, 0) is 22.4 Å². The van der Waals surface area contributed by atoms with Gasteiger partial charge in [-0.25, -0.2) is 0 Å². The van der Waals surface area contributed by atoms with Gasteiger partial charge in [0.1, 0.15) is 17.0 Å². The lowest BCUT2D eigenvalue weighted by Gasteiger charge is -2.21. The molecule has 0 unspecified atom stereocenters. The van der Waals surface area contributed by atoms with Crippen molar-refractivity contribution in [2.24, 2.45) is 5.73 Å². The van der Waals surface area contributed by atoms with Crippen LogP contribution in [0, 0.1) is 0 Å². The Morgan fingerprint density at radius 3 is 1.29 bits per heavy atom. The number of hydrogen-bond donors (Lipinski definition) is 1. The first-order valence-electron chi connectivity index (χ1n) is 17.4. The van der Waals surface area contributed by atoms with E-state index in [1.165, 1.54) is 116 Å². The molecule has 0 saturated carbocycles. The first-order valence-corrected chi connectivity index (χ1v) is 17.4. The summed E-state index contributed by atoms with van der Waals surface area (Å²) >= 11 is 0. The van der Waals surface area contributed by atoms with Crippen LogP contribution < -0.4 is 15.2 Å². The van der Waals surface area contributed by atoms with Gasteiger partial charge in [-0.3, -0.25) is 4.79 Å². The third kappa shape index (κ3) is 13.8. The topological polar surface area (TPSA) is 70.8 Å². The fourth-order valence-corrected chi connectivity index (χ4v) is 5.96. The molecule has 2 N–H and O–H groups in total. The Hall–Kier alpha value is -1.75. The molecule has 0 aliphatic heterocycles. The lowest BCUT2D eigenvalue weighted by atomic mass is 9.97. The molecule has 1 aliphatic carbocycles. The Kier molecular flexibility index (Phi) is 18.9. The predicted octanol–water partition coefficient (Wildman–Crippen LogP) is 9.65. The third-order valence-corrected chi connectivity index (χ3v) is 8.52. The fraction of sp³-hybridized carbons (Fsp3) is 0.806. The summed E-state index contributed by atoms with van der Waals surface area (Å²) in [5, 5.41) is 0. The predicted molar refractivity (Wildman–Crippen MR) is 172 cm³/mol. The van der Waals surface area contributed by atoms with Crippen molar-refractivity contribution < 1.29 is 19.0 Å². The lowest BCUT2D eigenvalue weighted by Crippen LogP contribution is -2.50. The first kappa shape index (κ1) is 35.4. The van der Waals surface area contributed by atoms with E-state index in [0.29, 0.717) is 32.7 Å². The molecule has 41 heavy (non-hydrogen) atoms. The van der Waals surface area contributed by atoms with Gasteiger partial charge in [-0.05, 0) is 31.9 Å². The van der Waals surface area contributed by atoms with Gasteiger partial charge in [-0.2, -0.15) is 0 Å². The number of ether oxygens (including phenoxy) is 3. The van der Waals surface area contributed by atoms with Gasteiger partial charge in [-0.15, -0.1) is 0 Å². The standard InChI is InChI=1S/C36H63NO4/c1-4-7-9-11-13-15-17-19-21-23-27-40-33-25-26-34(32-30-36(37,29-31(32)33)35(38)39-6-3)41-28-24-22-20-18-16-14-12-10-8-5-2/h25-26H,4-24,27-30,37H2,1-3H3. The zero-order chi connectivity index (χ0) is 29.6. The maximum Gasteiger partial charge on any atom is 0.326 e. The highest BCUT2D eigenvalue weighted by Gasteiger charge is 2.44. The van der Waals surface area contributed by atoms with Crippen molar-refractivity contribution in [3.63, 3.8) is 0 Å². The van der Waals surface area contributed by atoms with E-state index < -0.39 is 5.54 Å². The minimum absolute atomic E-state index is 0.332. The van der Waals surface area contributed by atoms with Crippen molar-refractivity contribution in [1.82, 2.24) is 0 Å². The van der Waals surface area contributed by atoms with Crippen LogP contribution in [0.4, 0.5) is 0 Å². The summed E-state index contributed by atoms with van der Waals surface area (Å²) < 4.78 is 17.9. The molecule has 5 nitrogen and oxygen atoms in total. The van der Waals surface area contributed by atoms with Crippen molar-refractivity contribution in [2.75, 3.05) is 19.8 Å². The highest BCUT2D eigenvalue weighted by atomic mass is 16.5. The Morgan fingerprint density at radius 2 is 0.951 bits per heavy atom. The van der Waals surface area contributed by atoms with E-state index >= 15 is 0 Å². The Morgan fingerprint density at radius 1 is 0.610 bits per heavy atom. The number of carbonyl (C=O) groups excluding carboxylic acids is 1. The maximum atomic E-state index is 12.7. The normalized spacial score (nSPS) is 13.8. The molecule has 0 saturated heterocycles. The van der Waals surface area contributed by atoms with Crippen molar-refractivity contribution in [2.45, 2.75) is 168 Å². The molecule has 2 rings (SSSR count). The van der Waals surface area contributed by atoms with Crippen molar-refractivity contribution in [3.05, 3.63) is 23.3 Å². The molecule has 0 spiro atoms. The summed E-state index contributed by atoms with van der Waals surface area (Å²) in [4.78, 5) is 12.7. The number of hydrogen-bond acceptors (Lipinski definition) is 5. The van der Waals surface area contributed by atoms with E-state index in [1.807, 2.05) is 19.1 Å². The average Bonchev–Trinajstić information content (AvgIpc) is 3.34. The van der Waals surface area contributed by atoms with E-state index in [9.17, 15) is 4.79 Å². The summed E-state index contributed by atoms with van der Waals surface area (Å²) in [5.41, 5.74) is 7.60. The van der Waals surface area contributed by atoms with Crippen LogP contribution in [0.2, 0.25) is 0 Å². The van der Waals surface area contributed by atoms with Crippen molar-refractivity contribution in [3.8, 4) is 11.5 Å². The molecule has 5 heteroatoms. The summed E-state index contributed by atoms with van der Waals surface area (Å²) in [7, 11) is 0. The number of nitrogens with two attached hydrogens (primary N) is 1. The second kappa shape index (κ2) is 21.9. The number of benzene rings is 1. The lowest BCUT2D eigenvalue weighted by molar-refractivity contribution is -0.149. The van der Waals surface area contributed by atoms with E-state index in [4.69, 9.17) is 19.9 Å². The molecular formula is C36H63NO4. The number of rotatable bonds is 26. The summed E-state index contributed by atoms with van der Waals surface area (Å²) in [6, 6.07) is 4.03. The molecule has 1 aromatic carbocycles. The van der Waals surface area contributed by atoms with Crippen LogP contribution >= 0.6 is 0 Å². The molecule has 236 valence electrons. The summed E-state index contributed by atoms with van der Waals surface area (Å²) in [5.74, 6) is 1.36. The Labute approximate surface area is 252 Å². The highest BCUT2D eigenvalue weighted by molar-refractivity contribution is 5.83. The maximum absolute atomic E-state index is 12.7. The zero-order valence-corrected chi connectivity index (χ0v) is 27.0. The summed E-state index contributed by atoms with van der Waals surface area (Å²) in [6.07, 6.45) is 26.9. The van der Waals surface area contributed by atoms with E-state index in [2.05, 4.69) is 13.8 Å². The molecule has 0 bridgehead atoms. The quantitative estimate of drug-likeness (QED) is 0.0882. The van der Waals surface area contributed by atoms with Crippen LogP contribution in [-0.4, -0.2) is 31.3 Å². The largest absolute Gasteiger partial charge is 0.493 e. The average molecular weight is 574 g/mol. The van der Waals surface area contributed by atoms with Gasteiger partial charge >= 0.3 is 5.97 Å². The highest BCUT2D eigenvalue weighted by Crippen LogP contribution is 2.41. The number of carbonyl (C=O) groups is 1. The molecule has 0 atom stereocenters. The molecule has 0 aromatic heterocycles. The SMILES string of the molecule is CCCCCCCCCCCCOc1ccc(OCCCCCCCCCCCC)c2c1CC(N)(C(=O)OCC)C2. The second-order valence-electron chi connectivity index (χ2n) is 12.3. The van der Waals surface area contributed by atoms with Gasteiger partial charge in [0.2, 0.25) is 0 Å². The second-order valence-corrected chi connectivity index (χ2v) is 12.3. The molecule has 1 aliphatic rings. The minimum atomic E-state index is -1.05. The van der Waals surface area contributed by atoms with Crippen molar-refractivity contribution in [1.29, 1.82) is 0 Å². The molecule has 0 radical (unpaired) electrons.